The fourth-order valence-corrected chi connectivity index (χ4v) is 1.72. The fourth-order valence-electron chi connectivity index (χ4n) is 1.72. The van der Waals surface area contributed by atoms with Crippen LogP contribution in [0.5, 0.6) is 0 Å². The van der Waals surface area contributed by atoms with Crippen molar-refractivity contribution in [1.29, 1.82) is 0 Å². The van der Waals surface area contributed by atoms with Crippen LogP contribution in [0.1, 0.15) is 13.8 Å². The zero-order chi connectivity index (χ0) is 17.4. The molecule has 0 amide bonds. The second kappa shape index (κ2) is 8.52. The fraction of sp³-hybridized carbons (Fsp3) is 0.333. The molecule has 1 rings (SSSR count). The SMILES string of the molecule is C=CCn1c(=O)ccn(/C(=C\C(=O)OCC)C(=O)OCC)c1=O. The summed E-state index contributed by atoms with van der Waals surface area (Å²) in [4.78, 5) is 47.7. The topological polar surface area (TPSA) is 96.6 Å². The van der Waals surface area contributed by atoms with Crippen molar-refractivity contribution in [3.8, 4) is 0 Å². The number of esters is 2. The smallest absolute Gasteiger partial charge is 0.355 e. The van der Waals surface area contributed by atoms with Crippen LogP contribution in [-0.4, -0.2) is 34.3 Å². The maximum absolute atomic E-state index is 12.3. The average molecular weight is 322 g/mol. The van der Waals surface area contributed by atoms with Gasteiger partial charge in [-0.15, -0.1) is 6.58 Å². The highest BCUT2D eigenvalue weighted by atomic mass is 16.5. The van der Waals surface area contributed by atoms with E-state index in [0.29, 0.717) is 0 Å². The van der Waals surface area contributed by atoms with Crippen LogP contribution in [0.4, 0.5) is 0 Å². The van der Waals surface area contributed by atoms with Gasteiger partial charge in [0.1, 0.15) is 5.70 Å². The predicted octanol–water partition coefficient (Wildman–Crippen LogP) is 0.163. The number of rotatable bonds is 7. The number of hydrogen-bond acceptors (Lipinski definition) is 6. The molecule has 0 aromatic carbocycles. The van der Waals surface area contributed by atoms with Crippen molar-refractivity contribution in [2.45, 2.75) is 20.4 Å². The number of hydrogen-bond donors (Lipinski definition) is 0. The molecule has 0 unspecified atom stereocenters. The second-order valence-corrected chi connectivity index (χ2v) is 4.21. The Hall–Kier alpha value is -2.90. The summed E-state index contributed by atoms with van der Waals surface area (Å²) < 4.78 is 11.3. The van der Waals surface area contributed by atoms with E-state index in [4.69, 9.17) is 9.47 Å². The van der Waals surface area contributed by atoms with Gasteiger partial charge in [0, 0.05) is 18.8 Å². The van der Waals surface area contributed by atoms with Crippen molar-refractivity contribution in [1.82, 2.24) is 9.13 Å². The molecule has 1 aromatic rings. The first-order valence-electron chi connectivity index (χ1n) is 6.95. The van der Waals surface area contributed by atoms with Gasteiger partial charge in [0.25, 0.3) is 5.56 Å². The van der Waals surface area contributed by atoms with Gasteiger partial charge in [0.2, 0.25) is 0 Å². The minimum absolute atomic E-state index is 0.0337. The third-order valence-corrected chi connectivity index (χ3v) is 2.67. The van der Waals surface area contributed by atoms with Gasteiger partial charge >= 0.3 is 17.6 Å². The van der Waals surface area contributed by atoms with Crippen molar-refractivity contribution in [3.63, 3.8) is 0 Å². The van der Waals surface area contributed by atoms with Gasteiger partial charge in [-0.25, -0.2) is 14.4 Å². The van der Waals surface area contributed by atoms with Crippen molar-refractivity contribution < 1.29 is 19.1 Å². The van der Waals surface area contributed by atoms with Gasteiger partial charge in [0.05, 0.1) is 19.3 Å². The van der Waals surface area contributed by atoms with Gasteiger partial charge in [-0.2, -0.15) is 0 Å². The summed E-state index contributed by atoms with van der Waals surface area (Å²) in [5.74, 6) is -1.68. The van der Waals surface area contributed by atoms with Crippen LogP contribution in [0.2, 0.25) is 0 Å². The molecule has 0 atom stereocenters. The quantitative estimate of drug-likeness (QED) is 0.403. The van der Waals surface area contributed by atoms with Gasteiger partial charge in [0.15, 0.2) is 0 Å². The van der Waals surface area contributed by atoms with Crippen LogP contribution < -0.4 is 11.2 Å². The molecule has 0 aliphatic carbocycles. The largest absolute Gasteiger partial charge is 0.463 e. The van der Waals surface area contributed by atoms with Crippen LogP contribution in [-0.2, 0) is 25.6 Å². The molecule has 0 saturated heterocycles. The monoisotopic (exact) mass is 322 g/mol. The summed E-state index contributed by atoms with van der Waals surface area (Å²) in [6.07, 6.45) is 3.32. The lowest BCUT2D eigenvalue weighted by atomic mass is 10.3. The van der Waals surface area contributed by atoms with Crippen molar-refractivity contribution in [2.24, 2.45) is 0 Å². The van der Waals surface area contributed by atoms with Gasteiger partial charge in [-0.1, -0.05) is 6.08 Å². The van der Waals surface area contributed by atoms with Gasteiger partial charge in [-0.05, 0) is 13.8 Å². The van der Waals surface area contributed by atoms with Crippen molar-refractivity contribution in [2.75, 3.05) is 13.2 Å². The van der Waals surface area contributed by atoms with Crippen LogP contribution in [0.25, 0.3) is 5.70 Å². The summed E-state index contributed by atoms with van der Waals surface area (Å²) in [6, 6.07) is 1.10. The molecule has 0 N–H and O–H groups in total. The summed E-state index contributed by atoms with van der Waals surface area (Å²) in [7, 11) is 0. The lowest BCUT2D eigenvalue weighted by molar-refractivity contribution is -0.139. The molecular formula is C15H18N2O6. The Balaban J connectivity index is 3.49. The molecule has 8 heteroatoms. The highest BCUT2D eigenvalue weighted by molar-refractivity contribution is 6.14. The zero-order valence-corrected chi connectivity index (χ0v) is 13.0. The van der Waals surface area contributed by atoms with Gasteiger partial charge in [-0.3, -0.25) is 13.9 Å². The highest BCUT2D eigenvalue weighted by Crippen LogP contribution is 2.05. The van der Waals surface area contributed by atoms with E-state index in [9.17, 15) is 19.2 Å². The Morgan fingerprint density at radius 1 is 1.22 bits per heavy atom. The molecule has 124 valence electrons. The molecule has 0 radical (unpaired) electrons. The summed E-state index contributed by atoms with van der Waals surface area (Å²) in [5, 5.41) is 0. The van der Waals surface area contributed by atoms with E-state index in [1.54, 1.807) is 13.8 Å². The Kier molecular flexibility index (Phi) is 6.72. The van der Waals surface area contributed by atoms with E-state index in [0.717, 1.165) is 27.5 Å². The van der Waals surface area contributed by atoms with E-state index in [1.165, 1.54) is 6.08 Å². The first kappa shape index (κ1) is 18.1. The lowest BCUT2D eigenvalue weighted by Gasteiger charge is -2.11. The first-order chi connectivity index (χ1) is 11.0. The number of aromatic nitrogens is 2. The molecule has 0 saturated carbocycles. The normalized spacial score (nSPS) is 11.0. The van der Waals surface area contributed by atoms with Crippen molar-refractivity contribution >= 4 is 17.6 Å². The lowest BCUT2D eigenvalue weighted by Crippen LogP contribution is -2.39. The highest BCUT2D eigenvalue weighted by Gasteiger charge is 2.18. The molecule has 1 aromatic heterocycles. The molecule has 8 nitrogen and oxygen atoms in total. The molecule has 0 bridgehead atoms. The second-order valence-electron chi connectivity index (χ2n) is 4.21. The molecule has 1 heterocycles. The maximum atomic E-state index is 12.3. The maximum Gasteiger partial charge on any atom is 0.355 e. The zero-order valence-electron chi connectivity index (χ0n) is 13.0. The molecule has 0 aliphatic heterocycles. The van der Waals surface area contributed by atoms with E-state index >= 15 is 0 Å². The molecule has 0 fully saturated rings. The van der Waals surface area contributed by atoms with Crippen LogP contribution in [0, 0.1) is 0 Å². The van der Waals surface area contributed by atoms with Gasteiger partial charge < -0.3 is 9.47 Å². The minimum atomic E-state index is -0.883. The molecule has 23 heavy (non-hydrogen) atoms. The van der Waals surface area contributed by atoms with E-state index in [2.05, 4.69) is 6.58 Å². The van der Waals surface area contributed by atoms with E-state index < -0.39 is 23.2 Å². The third kappa shape index (κ3) is 4.53. The molecule has 0 aliphatic rings. The number of ether oxygens (including phenoxy) is 2. The summed E-state index contributed by atoms with van der Waals surface area (Å²) >= 11 is 0. The minimum Gasteiger partial charge on any atom is -0.463 e. The van der Waals surface area contributed by atoms with E-state index in [1.807, 2.05) is 0 Å². The average Bonchev–Trinajstić information content (AvgIpc) is 2.50. The standard InChI is InChI=1S/C15H18N2O6/c1-4-8-17-12(18)7-9-16(15(17)21)11(14(20)23-6-3)10-13(19)22-5-2/h4,7,9-10H,1,5-6,8H2,2-3H3/b11-10-. The summed E-state index contributed by atoms with van der Waals surface area (Å²) in [6.45, 7) is 6.78. The number of carbonyl (C=O) groups excluding carboxylic acids is 2. The summed E-state index contributed by atoms with van der Waals surface area (Å²) in [5.41, 5.74) is -1.68. The van der Waals surface area contributed by atoms with Crippen LogP contribution in [0.15, 0.2) is 40.6 Å². The Labute approximate surface area is 132 Å². The molecular weight excluding hydrogens is 304 g/mol. The first-order valence-corrected chi connectivity index (χ1v) is 6.95. The number of carbonyl (C=O) groups is 2. The Morgan fingerprint density at radius 2 is 1.87 bits per heavy atom. The van der Waals surface area contributed by atoms with E-state index in [-0.39, 0.29) is 25.5 Å². The van der Waals surface area contributed by atoms with Crippen molar-refractivity contribution in [3.05, 3.63) is 51.8 Å². The molecule has 0 spiro atoms. The Bertz CT molecular complexity index is 741. The number of allylic oxidation sites excluding steroid dienone is 1. The number of nitrogens with zero attached hydrogens (tertiary/aromatic N) is 2. The third-order valence-electron chi connectivity index (χ3n) is 2.67. The van der Waals surface area contributed by atoms with Crippen LogP contribution >= 0.6 is 0 Å². The predicted molar refractivity (Wildman–Crippen MR) is 82.7 cm³/mol. The Morgan fingerprint density at radius 3 is 2.43 bits per heavy atom. The van der Waals surface area contributed by atoms with Crippen LogP contribution in [0.3, 0.4) is 0 Å².